The summed E-state index contributed by atoms with van der Waals surface area (Å²) >= 11 is 5.75. The van der Waals surface area contributed by atoms with Crippen molar-refractivity contribution in [2.75, 3.05) is 19.6 Å². The SMILES string of the molecule is Cl.O=S(=O)(NCCC1CCCNC1)c1ccc(Cl)cc1. The van der Waals surface area contributed by atoms with Crippen LogP contribution in [-0.4, -0.2) is 28.1 Å². The topological polar surface area (TPSA) is 58.2 Å². The predicted molar refractivity (Wildman–Crippen MR) is 84.1 cm³/mol. The van der Waals surface area contributed by atoms with Gasteiger partial charge < -0.3 is 5.32 Å². The molecule has 1 fully saturated rings. The first-order chi connectivity index (χ1) is 9.08. The molecule has 4 nitrogen and oxygen atoms in total. The minimum atomic E-state index is -3.41. The molecule has 1 heterocycles. The van der Waals surface area contributed by atoms with Gasteiger partial charge in [-0.25, -0.2) is 13.1 Å². The van der Waals surface area contributed by atoms with Gasteiger partial charge >= 0.3 is 0 Å². The minimum absolute atomic E-state index is 0. The van der Waals surface area contributed by atoms with Crippen LogP contribution >= 0.6 is 24.0 Å². The molecule has 1 unspecified atom stereocenters. The lowest BCUT2D eigenvalue weighted by Gasteiger charge is -2.22. The van der Waals surface area contributed by atoms with Crippen LogP contribution in [0, 0.1) is 5.92 Å². The van der Waals surface area contributed by atoms with Gasteiger partial charge in [-0.05, 0) is 62.5 Å². The summed E-state index contributed by atoms with van der Waals surface area (Å²) in [7, 11) is -3.41. The highest BCUT2D eigenvalue weighted by atomic mass is 35.5. The first kappa shape index (κ1) is 17.7. The molecule has 0 spiro atoms. The van der Waals surface area contributed by atoms with Crippen molar-refractivity contribution in [3.8, 4) is 0 Å². The van der Waals surface area contributed by atoms with Crippen LogP contribution in [0.1, 0.15) is 19.3 Å². The molecule has 0 bridgehead atoms. The molecule has 114 valence electrons. The van der Waals surface area contributed by atoms with Gasteiger partial charge in [0.1, 0.15) is 0 Å². The van der Waals surface area contributed by atoms with Gasteiger partial charge in [0.15, 0.2) is 0 Å². The highest BCUT2D eigenvalue weighted by molar-refractivity contribution is 7.89. The molecule has 0 radical (unpaired) electrons. The van der Waals surface area contributed by atoms with Gasteiger partial charge in [0.2, 0.25) is 10.0 Å². The zero-order valence-electron chi connectivity index (χ0n) is 11.1. The molecule has 1 atom stereocenters. The fourth-order valence-corrected chi connectivity index (χ4v) is 3.44. The lowest BCUT2D eigenvalue weighted by Crippen LogP contribution is -2.33. The lowest BCUT2D eigenvalue weighted by atomic mass is 9.96. The Bertz CT molecular complexity index is 500. The van der Waals surface area contributed by atoms with Gasteiger partial charge in [0.05, 0.1) is 4.90 Å². The summed E-state index contributed by atoms with van der Waals surface area (Å²) in [5, 5.41) is 3.86. The van der Waals surface area contributed by atoms with Crippen molar-refractivity contribution in [3.05, 3.63) is 29.3 Å². The van der Waals surface area contributed by atoms with Gasteiger partial charge in [-0.3, -0.25) is 0 Å². The van der Waals surface area contributed by atoms with E-state index in [1.165, 1.54) is 25.0 Å². The third-order valence-corrected chi connectivity index (χ3v) is 5.10. The van der Waals surface area contributed by atoms with Crippen LogP contribution in [0.4, 0.5) is 0 Å². The Morgan fingerprint density at radius 3 is 2.60 bits per heavy atom. The molecule has 2 rings (SSSR count). The van der Waals surface area contributed by atoms with Crippen LogP contribution in [0.25, 0.3) is 0 Å². The van der Waals surface area contributed by atoms with E-state index in [0.717, 1.165) is 19.5 Å². The van der Waals surface area contributed by atoms with Gasteiger partial charge in [0, 0.05) is 11.6 Å². The number of benzene rings is 1. The number of hydrogen-bond donors (Lipinski definition) is 2. The van der Waals surface area contributed by atoms with Gasteiger partial charge in [-0.1, -0.05) is 11.6 Å². The third-order valence-electron chi connectivity index (χ3n) is 3.37. The van der Waals surface area contributed by atoms with Crippen molar-refractivity contribution in [2.45, 2.75) is 24.2 Å². The highest BCUT2D eigenvalue weighted by Gasteiger charge is 2.16. The fraction of sp³-hybridized carbons (Fsp3) is 0.538. The Morgan fingerprint density at radius 2 is 2.00 bits per heavy atom. The van der Waals surface area contributed by atoms with E-state index in [0.29, 0.717) is 17.5 Å². The molecular weight excluding hydrogens is 319 g/mol. The molecule has 1 aromatic rings. The predicted octanol–water partition coefficient (Wildman–Crippen LogP) is 2.43. The van der Waals surface area contributed by atoms with E-state index in [-0.39, 0.29) is 17.3 Å². The standard InChI is InChI=1S/C13H19ClN2O2S.ClH/c14-12-3-5-13(6-4-12)19(17,18)16-9-7-11-2-1-8-15-10-11;/h3-6,11,15-16H,1-2,7-10H2;1H. The molecule has 1 saturated heterocycles. The molecule has 0 aliphatic carbocycles. The van der Waals surface area contributed by atoms with Crippen molar-refractivity contribution in [3.63, 3.8) is 0 Å². The molecule has 2 N–H and O–H groups in total. The van der Waals surface area contributed by atoms with E-state index in [2.05, 4.69) is 10.0 Å². The summed E-state index contributed by atoms with van der Waals surface area (Å²) < 4.78 is 26.7. The first-order valence-corrected chi connectivity index (χ1v) is 8.40. The Balaban J connectivity index is 0.00000200. The van der Waals surface area contributed by atoms with E-state index in [4.69, 9.17) is 11.6 Å². The summed E-state index contributed by atoms with van der Waals surface area (Å²) in [5.41, 5.74) is 0. The molecule has 1 aliphatic heterocycles. The summed E-state index contributed by atoms with van der Waals surface area (Å²) in [6, 6.07) is 6.21. The number of rotatable bonds is 5. The van der Waals surface area contributed by atoms with Crippen molar-refractivity contribution in [1.82, 2.24) is 10.0 Å². The second-order valence-electron chi connectivity index (χ2n) is 4.85. The Labute approximate surface area is 131 Å². The summed E-state index contributed by atoms with van der Waals surface area (Å²) in [6.45, 7) is 2.55. The summed E-state index contributed by atoms with van der Waals surface area (Å²) in [6.07, 6.45) is 3.23. The van der Waals surface area contributed by atoms with Crippen LogP contribution in [0.5, 0.6) is 0 Å². The summed E-state index contributed by atoms with van der Waals surface area (Å²) in [4.78, 5) is 0.263. The molecule has 1 aromatic carbocycles. The molecule has 7 heteroatoms. The zero-order chi connectivity index (χ0) is 13.7. The Hall–Kier alpha value is -0.330. The smallest absolute Gasteiger partial charge is 0.240 e. The van der Waals surface area contributed by atoms with Crippen LogP contribution in [-0.2, 0) is 10.0 Å². The lowest BCUT2D eigenvalue weighted by molar-refractivity contribution is 0.358. The van der Waals surface area contributed by atoms with E-state index < -0.39 is 10.0 Å². The van der Waals surface area contributed by atoms with Gasteiger partial charge in [-0.15, -0.1) is 12.4 Å². The molecule has 0 saturated carbocycles. The minimum Gasteiger partial charge on any atom is -0.316 e. The highest BCUT2D eigenvalue weighted by Crippen LogP contribution is 2.15. The van der Waals surface area contributed by atoms with Crippen molar-refractivity contribution in [2.24, 2.45) is 5.92 Å². The molecule has 1 aliphatic rings. The number of piperidine rings is 1. The monoisotopic (exact) mass is 338 g/mol. The average Bonchev–Trinajstić information content (AvgIpc) is 2.40. The molecule has 20 heavy (non-hydrogen) atoms. The molecule has 0 amide bonds. The van der Waals surface area contributed by atoms with E-state index in [9.17, 15) is 8.42 Å². The van der Waals surface area contributed by atoms with Gasteiger partial charge in [0.25, 0.3) is 0 Å². The third kappa shape index (κ3) is 5.22. The van der Waals surface area contributed by atoms with E-state index in [1.54, 1.807) is 12.1 Å². The quantitative estimate of drug-likeness (QED) is 0.866. The average molecular weight is 339 g/mol. The fourth-order valence-electron chi connectivity index (χ4n) is 2.26. The Morgan fingerprint density at radius 1 is 1.30 bits per heavy atom. The maximum absolute atomic E-state index is 12.0. The van der Waals surface area contributed by atoms with Crippen LogP contribution in [0.15, 0.2) is 29.2 Å². The number of hydrogen-bond acceptors (Lipinski definition) is 3. The normalized spacial score (nSPS) is 19.4. The maximum atomic E-state index is 12.0. The first-order valence-electron chi connectivity index (χ1n) is 6.54. The van der Waals surface area contributed by atoms with Crippen molar-refractivity contribution in [1.29, 1.82) is 0 Å². The van der Waals surface area contributed by atoms with E-state index in [1.807, 2.05) is 0 Å². The largest absolute Gasteiger partial charge is 0.316 e. The van der Waals surface area contributed by atoms with Crippen LogP contribution < -0.4 is 10.0 Å². The van der Waals surface area contributed by atoms with Crippen LogP contribution in [0.3, 0.4) is 0 Å². The van der Waals surface area contributed by atoms with Gasteiger partial charge in [-0.2, -0.15) is 0 Å². The maximum Gasteiger partial charge on any atom is 0.240 e. The molecular formula is C13H20Cl2N2O2S. The number of sulfonamides is 1. The molecule has 0 aromatic heterocycles. The summed E-state index contributed by atoms with van der Waals surface area (Å²) in [5.74, 6) is 0.571. The van der Waals surface area contributed by atoms with Crippen molar-refractivity contribution < 1.29 is 8.42 Å². The van der Waals surface area contributed by atoms with E-state index >= 15 is 0 Å². The second kappa shape index (κ2) is 8.20. The zero-order valence-corrected chi connectivity index (χ0v) is 13.5. The second-order valence-corrected chi connectivity index (χ2v) is 7.06. The Kier molecular flexibility index (Phi) is 7.26. The van der Waals surface area contributed by atoms with Crippen LogP contribution in [0.2, 0.25) is 5.02 Å². The number of halogens is 2. The number of nitrogens with one attached hydrogen (secondary N) is 2. The van der Waals surface area contributed by atoms with Crippen molar-refractivity contribution >= 4 is 34.0 Å².